The molecule has 0 aliphatic rings. The average Bonchev–Trinajstić information content (AvgIpc) is 3.15. The van der Waals surface area contributed by atoms with Gasteiger partial charge in [-0.1, -0.05) is 146 Å². The second kappa shape index (κ2) is 40.1. The van der Waals surface area contributed by atoms with Gasteiger partial charge in [0.2, 0.25) is 0 Å². The molecule has 9 nitrogen and oxygen atoms in total. The molecule has 0 amide bonds. The van der Waals surface area contributed by atoms with Gasteiger partial charge in [-0.05, 0) is 70.6 Å². The molecule has 3 atom stereocenters. The zero-order valence-electron chi connectivity index (χ0n) is 33.7. The zero-order valence-corrected chi connectivity index (χ0v) is 34.6. The van der Waals surface area contributed by atoms with Crippen molar-refractivity contribution in [1.82, 2.24) is 0 Å². The molecule has 0 rings (SSSR count). The van der Waals surface area contributed by atoms with Crippen LogP contribution in [0.25, 0.3) is 0 Å². The number of phosphoric ester groups is 1. The van der Waals surface area contributed by atoms with Gasteiger partial charge in [0, 0.05) is 13.0 Å². The molecular formula is C43H79O9P. The van der Waals surface area contributed by atoms with Gasteiger partial charge in [-0.25, -0.2) is 4.57 Å². The summed E-state index contributed by atoms with van der Waals surface area (Å²) in [7, 11) is -4.52. The Morgan fingerprint density at radius 2 is 1.04 bits per heavy atom. The summed E-state index contributed by atoms with van der Waals surface area (Å²) in [4.78, 5) is 22.5. The fourth-order valence-corrected chi connectivity index (χ4v) is 6.25. The molecular weight excluding hydrogens is 691 g/mol. The van der Waals surface area contributed by atoms with E-state index in [0.29, 0.717) is 13.0 Å². The number of hydrogen-bond acceptors (Lipinski definition) is 8. The third kappa shape index (κ3) is 39.9. The van der Waals surface area contributed by atoms with E-state index in [1.54, 1.807) is 0 Å². The quantitative estimate of drug-likeness (QED) is 0.0241. The van der Waals surface area contributed by atoms with E-state index in [4.69, 9.17) is 23.6 Å². The molecule has 0 aliphatic heterocycles. The van der Waals surface area contributed by atoms with Crippen molar-refractivity contribution >= 4 is 13.8 Å². The van der Waals surface area contributed by atoms with Crippen LogP contribution in [0.4, 0.5) is 0 Å². The summed E-state index contributed by atoms with van der Waals surface area (Å²) in [6, 6.07) is 0. The van der Waals surface area contributed by atoms with Crippen LogP contribution in [-0.4, -0.2) is 66.3 Å². The van der Waals surface area contributed by atoms with Crippen LogP contribution in [0.5, 0.6) is 0 Å². The van der Waals surface area contributed by atoms with Crippen molar-refractivity contribution in [3.8, 4) is 0 Å². The van der Waals surface area contributed by atoms with Crippen LogP contribution < -0.4 is 0 Å². The summed E-state index contributed by atoms with van der Waals surface area (Å²) in [6.45, 7) is 3.41. The molecule has 3 unspecified atom stereocenters. The van der Waals surface area contributed by atoms with Crippen LogP contribution in [0, 0.1) is 0 Å². The van der Waals surface area contributed by atoms with E-state index in [1.165, 1.54) is 70.6 Å². The SMILES string of the molecule is CCCC/C=C\C/C=C\CCCCCCCC(=O)OC(COCCCCCCCCCC/C=C\C/C=C\CCCCC)COP(=O)(O)OCC(O)CO. The maximum atomic E-state index is 12.6. The number of carbonyl (C=O) groups is 1. The van der Waals surface area contributed by atoms with Gasteiger partial charge in [-0.15, -0.1) is 0 Å². The number of esters is 1. The Morgan fingerprint density at radius 1 is 0.585 bits per heavy atom. The zero-order chi connectivity index (χ0) is 38.9. The average molecular weight is 771 g/mol. The molecule has 0 aliphatic carbocycles. The minimum atomic E-state index is -4.52. The number of carbonyl (C=O) groups excluding carboxylic acids is 1. The molecule has 0 saturated carbocycles. The number of aliphatic hydroxyl groups excluding tert-OH is 2. The van der Waals surface area contributed by atoms with E-state index in [-0.39, 0.29) is 19.6 Å². The third-order valence-corrected chi connectivity index (χ3v) is 9.69. The molecule has 0 aromatic heterocycles. The molecule has 3 N–H and O–H groups in total. The van der Waals surface area contributed by atoms with E-state index < -0.39 is 39.2 Å². The third-order valence-electron chi connectivity index (χ3n) is 8.74. The lowest BCUT2D eigenvalue weighted by Crippen LogP contribution is -2.29. The minimum Gasteiger partial charge on any atom is -0.457 e. The highest BCUT2D eigenvalue weighted by molar-refractivity contribution is 7.47. The Kier molecular flexibility index (Phi) is 38.9. The molecule has 0 spiro atoms. The summed E-state index contributed by atoms with van der Waals surface area (Å²) in [5.41, 5.74) is 0. The number of aliphatic hydroxyl groups is 2. The van der Waals surface area contributed by atoms with Gasteiger partial charge < -0.3 is 24.6 Å². The lowest BCUT2D eigenvalue weighted by molar-refractivity contribution is -0.154. The van der Waals surface area contributed by atoms with E-state index in [0.717, 1.165) is 77.0 Å². The molecule has 10 heteroatoms. The largest absolute Gasteiger partial charge is 0.472 e. The molecule has 310 valence electrons. The van der Waals surface area contributed by atoms with E-state index in [2.05, 4.69) is 62.5 Å². The monoisotopic (exact) mass is 771 g/mol. The van der Waals surface area contributed by atoms with Gasteiger partial charge in [-0.3, -0.25) is 13.8 Å². The summed E-state index contributed by atoms with van der Waals surface area (Å²) in [6.07, 6.45) is 43.5. The standard InChI is InChI=1S/C43H79O9P/c1-3-5-7-9-11-13-15-17-19-20-21-22-24-26-28-30-32-34-36-49-39-42(40-51-53(47,48)50-38-41(45)37-44)52-43(46)35-33-31-29-27-25-23-18-16-14-12-10-8-6-4-2/h10-13,16-19,41-42,44-45H,3-9,14-15,20-40H2,1-2H3,(H,47,48)/b12-10-,13-11-,18-16-,19-17-. The maximum absolute atomic E-state index is 12.6. The predicted octanol–water partition coefficient (Wildman–Crippen LogP) is 11.4. The Balaban J connectivity index is 4.21. The number of hydrogen-bond donors (Lipinski definition) is 3. The molecule has 0 heterocycles. The highest BCUT2D eigenvalue weighted by atomic mass is 31.2. The van der Waals surface area contributed by atoms with Gasteiger partial charge in [0.05, 0.1) is 26.4 Å². The van der Waals surface area contributed by atoms with Crippen molar-refractivity contribution < 1.29 is 43.0 Å². The lowest BCUT2D eigenvalue weighted by Gasteiger charge is -2.20. The predicted molar refractivity (Wildman–Crippen MR) is 219 cm³/mol. The fourth-order valence-electron chi connectivity index (χ4n) is 5.46. The van der Waals surface area contributed by atoms with Crippen molar-refractivity contribution in [3.63, 3.8) is 0 Å². The maximum Gasteiger partial charge on any atom is 0.472 e. The van der Waals surface area contributed by atoms with Crippen LogP contribution >= 0.6 is 7.82 Å². The van der Waals surface area contributed by atoms with Crippen molar-refractivity contribution in [3.05, 3.63) is 48.6 Å². The van der Waals surface area contributed by atoms with Crippen molar-refractivity contribution in [1.29, 1.82) is 0 Å². The van der Waals surface area contributed by atoms with Crippen molar-refractivity contribution in [2.24, 2.45) is 0 Å². The normalized spacial score (nSPS) is 14.6. The molecule has 0 radical (unpaired) electrons. The van der Waals surface area contributed by atoms with Crippen LogP contribution in [-0.2, 0) is 27.9 Å². The van der Waals surface area contributed by atoms with Gasteiger partial charge in [-0.2, -0.15) is 0 Å². The first-order valence-electron chi connectivity index (χ1n) is 21.1. The highest BCUT2D eigenvalue weighted by Crippen LogP contribution is 2.43. The number of allylic oxidation sites excluding steroid dienone is 8. The van der Waals surface area contributed by atoms with Gasteiger partial charge in [0.15, 0.2) is 0 Å². The van der Waals surface area contributed by atoms with Crippen LogP contribution in [0.3, 0.4) is 0 Å². The van der Waals surface area contributed by atoms with Crippen LogP contribution in [0.1, 0.15) is 174 Å². The van der Waals surface area contributed by atoms with Gasteiger partial charge in [0.25, 0.3) is 0 Å². The summed E-state index contributed by atoms with van der Waals surface area (Å²) < 4.78 is 33.3. The Morgan fingerprint density at radius 3 is 1.57 bits per heavy atom. The Labute approximate surface area is 324 Å². The van der Waals surface area contributed by atoms with E-state index >= 15 is 0 Å². The molecule has 0 aromatic carbocycles. The summed E-state index contributed by atoms with van der Waals surface area (Å²) >= 11 is 0. The fraction of sp³-hybridized carbons (Fsp3) is 0.791. The van der Waals surface area contributed by atoms with Crippen molar-refractivity contribution in [2.45, 2.75) is 187 Å². The smallest absolute Gasteiger partial charge is 0.457 e. The number of rotatable bonds is 40. The van der Waals surface area contributed by atoms with Gasteiger partial charge in [0.1, 0.15) is 12.2 Å². The molecule has 0 saturated heterocycles. The number of unbranched alkanes of at least 4 members (excludes halogenated alkanes) is 18. The first-order chi connectivity index (χ1) is 25.8. The molecule has 0 fully saturated rings. The van der Waals surface area contributed by atoms with Crippen LogP contribution in [0.2, 0.25) is 0 Å². The second-order valence-electron chi connectivity index (χ2n) is 14.0. The summed E-state index contributed by atoms with van der Waals surface area (Å²) in [5, 5.41) is 18.3. The van der Waals surface area contributed by atoms with E-state index in [1.807, 2.05) is 0 Å². The van der Waals surface area contributed by atoms with Gasteiger partial charge >= 0.3 is 13.8 Å². The molecule has 53 heavy (non-hydrogen) atoms. The van der Waals surface area contributed by atoms with Crippen molar-refractivity contribution in [2.75, 3.05) is 33.0 Å². The minimum absolute atomic E-state index is 0.0384. The summed E-state index contributed by atoms with van der Waals surface area (Å²) in [5.74, 6) is -0.400. The molecule has 0 aromatic rings. The molecule has 0 bridgehead atoms. The second-order valence-corrected chi connectivity index (χ2v) is 15.5. The first-order valence-corrected chi connectivity index (χ1v) is 22.6. The lowest BCUT2D eigenvalue weighted by atomic mass is 10.1. The number of ether oxygens (including phenoxy) is 2. The Hall–Kier alpha value is -1.58. The van der Waals surface area contributed by atoms with E-state index in [9.17, 15) is 19.4 Å². The van der Waals surface area contributed by atoms with Crippen LogP contribution in [0.15, 0.2) is 48.6 Å². The Bertz CT molecular complexity index is 965. The number of phosphoric acid groups is 1. The first kappa shape index (κ1) is 51.4. The highest BCUT2D eigenvalue weighted by Gasteiger charge is 2.26. The topological polar surface area (TPSA) is 132 Å².